The average molecular weight is 432 g/mol. The molecule has 32 heavy (non-hydrogen) atoms. The van der Waals surface area contributed by atoms with E-state index in [1.165, 1.54) is 17.0 Å². The maximum absolute atomic E-state index is 14.3. The van der Waals surface area contributed by atoms with Crippen molar-refractivity contribution in [3.63, 3.8) is 0 Å². The van der Waals surface area contributed by atoms with Crippen LogP contribution in [-0.4, -0.2) is 28.2 Å². The van der Waals surface area contributed by atoms with E-state index in [1.54, 1.807) is 0 Å². The van der Waals surface area contributed by atoms with Crippen LogP contribution in [0.5, 0.6) is 0 Å². The molecule has 1 spiro atoms. The first kappa shape index (κ1) is 21.6. The molecule has 2 aromatic carbocycles. The lowest BCUT2D eigenvalue weighted by Gasteiger charge is -2.35. The van der Waals surface area contributed by atoms with Gasteiger partial charge in [0, 0.05) is 5.56 Å². The third-order valence-electron chi connectivity index (χ3n) is 6.08. The Hall–Kier alpha value is -3.66. The number of benzene rings is 2. The number of guanidine groups is 1. The fourth-order valence-electron chi connectivity index (χ4n) is 4.47. The van der Waals surface area contributed by atoms with Gasteiger partial charge in [-0.1, -0.05) is 49.1 Å². The highest BCUT2D eigenvalue weighted by Crippen LogP contribution is 2.39. The van der Waals surface area contributed by atoms with Gasteiger partial charge in [-0.2, -0.15) is 0 Å². The summed E-state index contributed by atoms with van der Waals surface area (Å²) in [4.78, 5) is 31.5. The Kier molecular flexibility index (Phi) is 5.95. The first-order valence-electron chi connectivity index (χ1n) is 10.7. The molecule has 1 atom stereocenters. The number of carbonyl (C=O) groups excluding carboxylic acids is 2. The van der Waals surface area contributed by atoms with Gasteiger partial charge < -0.3 is 11.1 Å². The first-order valence-corrected chi connectivity index (χ1v) is 10.7. The molecule has 0 unspecified atom stereocenters. The number of amides is 2. The summed E-state index contributed by atoms with van der Waals surface area (Å²) in [7, 11) is 0. The van der Waals surface area contributed by atoms with Crippen LogP contribution in [0.4, 0.5) is 4.39 Å². The number of hydrogen-bond donors (Lipinski definition) is 2. The molecule has 7 heteroatoms. The molecule has 2 aliphatic rings. The largest absolute Gasteiger partial charge is 0.369 e. The van der Waals surface area contributed by atoms with E-state index >= 15 is 0 Å². The SMILES string of the molecule is C#C[C@H](NC(=O)c1cc(F)cc(CN2C(=O)CC3(CCCC3)N=C2N)c1)c1ccccc1. The van der Waals surface area contributed by atoms with Gasteiger partial charge in [0.05, 0.1) is 18.5 Å². The second-order valence-corrected chi connectivity index (χ2v) is 8.39. The maximum atomic E-state index is 14.3. The van der Waals surface area contributed by atoms with E-state index in [0.717, 1.165) is 37.3 Å². The fraction of sp³-hybridized carbons (Fsp3) is 0.320. The molecule has 0 radical (unpaired) electrons. The van der Waals surface area contributed by atoms with Gasteiger partial charge in [-0.3, -0.25) is 14.5 Å². The average Bonchev–Trinajstić information content (AvgIpc) is 3.22. The van der Waals surface area contributed by atoms with Crippen molar-refractivity contribution < 1.29 is 14.0 Å². The normalized spacial score (nSPS) is 18.2. The van der Waals surface area contributed by atoms with E-state index in [4.69, 9.17) is 12.2 Å². The van der Waals surface area contributed by atoms with Crippen molar-refractivity contribution in [1.82, 2.24) is 10.2 Å². The van der Waals surface area contributed by atoms with Crippen LogP contribution in [-0.2, 0) is 11.3 Å². The molecule has 0 aromatic heterocycles. The van der Waals surface area contributed by atoms with Crippen LogP contribution < -0.4 is 11.1 Å². The van der Waals surface area contributed by atoms with Gasteiger partial charge in [0.1, 0.15) is 11.9 Å². The van der Waals surface area contributed by atoms with Crippen molar-refractivity contribution in [2.45, 2.75) is 50.2 Å². The highest BCUT2D eigenvalue weighted by atomic mass is 19.1. The Morgan fingerprint density at radius 1 is 1.25 bits per heavy atom. The lowest BCUT2D eigenvalue weighted by Crippen LogP contribution is -2.50. The molecule has 2 aromatic rings. The number of rotatable bonds is 5. The van der Waals surface area contributed by atoms with E-state index in [1.807, 2.05) is 30.3 Å². The molecule has 1 heterocycles. The Labute approximate surface area is 186 Å². The van der Waals surface area contributed by atoms with Crippen molar-refractivity contribution in [2.24, 2.45) is 10.7 Å². The predicted molar refractivity (Wildman–Crippen MR) is 120 cm³/mol. The van der Waals surface area contributed by atoms with Gasteiger partial charge in [0.2, 0.25) is 5.91 Å². The molecule has 1 aliphatic heterocycles. The number of terminal acetylenes is 1. The Morgan fingerprint density at radius 2 is 1.97 bits per heavy atom. The predicted octanol–water partition coefficient (Wildman–Crippen LogP) is 3.29. The number of nitrogens with one attached hydrogen (secondary N) is 1. The minimum Gasteiger partial charge on any atom is -0.369 e. The molecule has 0 saturated heterocycles. The van der Waals surface area contributed by atoms with Crippen LogP contribution in [0.3, 0.4) is 0 Å². The highest BCUT2D eigenvalue weighted by Gasteiger charge is 2.41. The van der Waals surface area contributed by atoms with Crippen molar-refractivity contribution in [3.05, 3.63) is 71.0 Å². The minimum atomic E-state index is -0.649. The number of nitrogens with zero attached hydrogens (tertiary/aromatic N) is 2. The van der Waals surface area contributed by atoms with E-state index in [9.17, 15) is 14.0 Å². The van der Waals surface area contributed by atoms with Gasteiger partial charge in [0.25, 0.3) is 5.91 Å². The third kappa shape index (κ3) is 4.50. The summed E-state index contributed by atoms with van der Waals surface area (Å²) in [5.41, 5.74) is 7.05. The summed E-state index contributed by atoms with van der Waals surface area (Å²) in [6.45, 7) is 0.0412. The second-order valence-electron chi connectivity index (χ2n) is 8.39. The topological polar surface area (TPSA) is 87.8 Å². The van der Waals surface area contributed by atoms with E-state index in [0.29, 0.717) is 12.0 Å². The summed E-state index contributed by atoms with van der Waals surface area (Å²) in [5, 5.41) is 2.74. The maximum Gasteiger partial charge on any atom is 0.252 e. The van der Waals surface area contributed by atoms with Crippen LogP contribution in [0, 0.1) is 18.2 Å². The van der Waals surface area contributed by atoms with Crippen LogP contribution in [0.25, 0.3) is 0 Å². The number of nitrogens with two attached hydrogens (primary N) is 1. The lowest BCUT2D eigenvalue weighted by molar-refractivity contribution is -0.130. The summed E-state index contributed by atoms with van der Waals surface area (Å²) in [6, 6.07) is 12.4. The van der Waals surface area contributed by atoms with Crippen molar-refractivity contribution in [2.75, 3.05) is 0 Å². The number of carbonyl (C=O) groups is 2. The molecule has 4 rings (SSSR count). The van der Waals surface area contributed by atoms with Crippen LogP contribution in [0.1, 0.15) is 59.6 Å². The number of aliphatic imine (C=N–C) groups is 1. The van der Waals surface area contributed by atoms with Gasteiger partial charge in [-0.15, -0.1) is 6.42 Å². The monoisotopic (exact) mass is 432 g/mol. The van der Waals surface area contributed by atoms with E-state index in [2.05, 4.69) is 16.2 Å². The van der Waals surface area contributed by atoms with Gasteiger partial charge >= 0.3 is 0 Å². The van der Waals surface area contributed by atoms with Crippen molar-refractivity contribution in [1.29, 1.82) is 0 Å². The Morgan fingerprint density at radius 3 is 2.62 bits per heavy atom. The van der Waals surface area contributed by atoms with E-state index < -0.39 is 17.8 Å². The molecule has 2 amide bonds. The number of halogens is 1. The summed E-state index contributed by atoms with van der Waals surface area (Å²) < 4.78 is 14.3. The van der Waals surface area contributed by atoms with Crippen molar-refractivity contribution >= 4 is 17.8 Å². The molecule has 6 nitrogen and oxygen atoms in total. The quantitative estimate of drug-likeness (QED) is 0.711. The lowest BCUT2D eigenvalue weighted by atomic mass is 9.92. The third-order valence-corrected chi connectivity index (χ3v) is 6.08. The van der Waals surface area contributed by atoms with Crippen LogP contribution in [0.15, 0.2) is 53.5 Å². The van der Waals surface area contributed by atoms with Crippen molar-refractivity contribution in [3.8, 4) is 12.3 Å². The second kappa shape index (κ2) is 8.83. The minimum absolute atomic E-state index is 0.0412. The van der Waals surface area contributed by atoms with Crippen LogP contribution in [0.2, 0.25) is 0 Å². The Balaban J connectivity index is 1.52. The van der Waals surface area contributed by atoms with Crippen LogP contribution >= 0.6 is 0 Å². The molecule has 1 saturated carbocycles. The highest BCUT2D eigenvalue weighted by molar-refractivity contribution is 5.99. The molecule has 1 fully saturated rings. The van der Waals surface area contributed by atoms with Gasteiger partial charge in [-0.25, -0.2) is 9.38 Å². The summed E-state index contributed by atoms with van der Waals surface area (Å²) in [5.74, 6) is 1.46. The van der Waals surface area contributed by atoms with Gasteiger partial charge in [-0.05, 0) is 42.2 Å². The smallest absolute Gasteiger partial charge is 0.252 e. The van der Waals surface area contributed by atoms with E-state index in [-0.39, 0.29) is 29.5 Å². The zero-order chi connectivity index (χ0) is 22.7. The number of hydrogen-bond acceptors (Lipinski definition) is 4. The molecule has 164 valence electrons. The molecule has 0 bridgehead atoms. The molecule has 3 N–H and O–H groups in total. The first-order chi connectivity index (χ1) is 15.4. The fourth-order valence-corrected chi connectivity index (χ4v) is 4.47. The molecule has 1 aliphatic carbocycles. The zero-order valence-corrected chi connectivity index (χ0v) is 17.7. The molecular formula is C25H25FN4O2. The summed E-state index contributed by atoms with van der Waals surface area (Å²) >= 11 is 0. The zero-order valence-electron chi connectivity index (χ0n) is 17.7. The van der Waals surface area contributed by atoms with Gasteiger partial charge in [0.15, 0.2) is 5.96 Å². The molecular weight excluding hydrogens is 407 g/mol. The summed E-state index contributed by atoms with van der Waals surface area (Å²) in [6.07, 6.45) is 9.67. The Bertz CT molecular complexity index is 1100. The standard InChI is InChI=1S/C25H25FN4O2/c1-2-21(18-8-4-3-5-9-18)28-23(32)19-12-17(13-20(26)14-19)16-30-22(31)15-25(29-24(30)27)10-6-7-11-25/h1,3-5,8-9,12-14,21H,6-7,10-11,15-16H2,(H2,27,29)(H,28,32)/t21-/m0/s1.